The Kier molecular flexibility index (Phi) is 8.08. The smallest absolute Gasteiger partial charge is 0.236 e. The van der Waals surface area contributed by atoms with Crippen molar-refractivity contribution in [1.29, 1.82) is 5.26 Å². The summed E-state index contributed by atoms with van der Waals surface area (Å²) in [4.78, 5) is 19.4. The Labute approximate surface area is 211 Å². The molecule has 186 valence electrons. The molecule has 7 heteroatoms. The van der Waals surface area contributed by atoms with Crippen LogP contribution >= 0.6 is 0 Å². The van der Waals surface area contributed by atoms with Crippen LogP contribution in [0.25, 0.3) is 0 Å². The zero-order chi connectivity index (χ0) is 25.0. The Balaban J connectivity index is 1.23. The maximum Gasteiger partial charge on any atom is 0.236 e. The molecule has 2 saturated heterocycles. The summed E-state index contributed by atoms with van der Waals surface area (Å²) in [5.41, 5.74) is 3.07. The third kappa shape index (κ3) is 7.02. The summed E-state index contributed by atoms with van der Waals surface area (Å²) in [6, 6.07) is 18.8. The molecule has 2 heterocycles. The zero-order valence-corrected chi connectivity index (χ0v) is 22.5. The second-order valence-electron chi connectivity index (χ2n) is 11.1. The molecule has 0 radical (unpaired) electrons. The Morgan fingerprint density at radius 2 is 1.54 bits per heavy atom. The number of fused-ring (bicyclic) bond motifs is 2. The van der Waals surface area contributed by atoms with Crippen molar-refractivity contribution in [3.8, 4) is 6.07 Å². The molecule has 2 bridgehead atoms. The van der Waals surface area contributed by atoms with E-state index in [1.807, 2.05) is 19.2 Å². The molecule has 2 fully saturated rings. The molecule has 1 amide bonds. The van der Waals surface area contributed by atoms with Crippen molar-refractivity contribution in [2.75, 3.05) is 46.3 Å². The molecule has 0 spiro atoms. The first kappa shape index (κ1) is 25.6. The highest BCUT2D eigenvalue weighted by Gasteiger charge is 2.35. The number of carbonyl (C=O) groups is 1. The summed E-state index contributed by atoms with van der Waals surface area (Å²) in [5.74, 6) is 0.118. The summed E-state index contributed by atoms with van der Waals surface area (Å²) >= 11 is 0. The van der Waals surface area contributed by atoms with Crippen molar-refractivity contribution in [1.82, 2.24) is 14.7 Å². The van der Waals surface area contributed by atoms with Crippen LogP contribution in [0.15, 0.2) is 48.5 Å². The Bertz CT molecular complexity index is 1030. The van der Waals surface area contributed by atoms with E-state index in [0.29, 0.717) is 18.7 Å². The number of ether oxygens (including phenoxy) is 1. The van der Waals surface area contributed by atoms with Crippen LogP contribution in [0.5, 0.6) is 0 Å². The van der Waals surface area contributed by atoms with Crippen molar-refractivity contribution < 1.29 is 9.53 Å². The average molecular weight is 491 g/mol. The molecule has 0 aromatic heterocycles. The van der Waals surface area contributed by atoms with Crippen LogP contribution in [0.1, 0.15) is 16.7 Å². The number of rotatable bonds is 8. The summed E-state index contributed by atoms with van der Waals surface area (Å²) in [5, 5.41) is 10.5. The Morgan fingerprint density at radius 3 is 2.11 bits per heavy atom. The van der Waals surface area contributed by atoms with Gasteiger partial charge in [0.15, 0.2) is 0 Å². The van der Waals surface area contributed by atoms with Crippen LogP contribution in [0, 0.1) is 11.3 Å². The minimum absolute atomic E-state index is 0.118. The van der Waals surface area contributed by atoms with Gasteiger partial charge in [-0.15, -0.1) is 0 Å². The van der Waals surface area contributed by atoms with Crippen molar-refractivity contribution in [3.05, 3.63) is 65.2 Å². The quantitative estimate of drug-likeness (QED) is 0.533. The number of hydrogen-bond acceptors (Lipinski definition) is 5. The van der Waals surface area contributed by atoms with Crippen molar-refractivity contribution >= 4 is 19.2 Å². The van der Waals surface area contributed by atoms with Gasteiger partial charge in [0.2, 0.25) is 5.91 Å². The van der Waals surface area contributed by atoms with Crippen molar-refractivity contribution in [3.63, 3.8) is 0 Å². The minimum Gasteiger partial charge on any atom is -0.370 e. The van der Waals surface area contributed by atoms with E-state index in [1.165, 1.54) is 10.8 Å². The number of likely N-dealkylation sites (N-methyl/N-ethyl adjacent to an activating group) is 1. The lowest BCUT2D eigenvalue weighted by Crippen LogP contribution is -2.60. The van der Waals surface area contributed by atoms with Gasteiger partial charge in [-0.05, 0) is 29.7 Å². The standard InChI is InChI=1S/C28H38N4O2Si/c1-30(16-24-7-5-23(15-29)6-8-24)28(33)21-32-19-25-17-31(18-26(20-32)34-25)14-13-22-9-11-27(12-10-22)35(2,3)4/h5-12,25-26H,13-14,16-21H2,1-4H3. The van der Waals surface area contributed by atoms with E-state index in [-0.39, 0.29) is 18.1 Å². The van der Waals surface area contributed by atoms with E-state index in [2.05, 4.69) is 59.8 Å². The van der Waals surface area contributed by atoms with Crippen molar-refractivity contribution in [2.24, 2.45) is 0 Å². The average Bonchev–Trinajstić information content (AvgIpc) is 2.82. The van der Waals surface area contributed by atoms with Gasteiger partial charge in [-0.25, -0.2) is 0 Å². The van der Waals surface area contributed by atoms with Crippen LogP contribution in [-0.2, 0) is 22.5 Å². The van der Waals surface area contributed by atoms with E-state index in [1.54, 1.807) is 17.0 Å². The predicted octanol–water partition coefficient (Wildman–Crippen LogP) is 2.69. The van der Waals surface area contributed by atoms with Gasteiger partial charge >= 0.3 is 0 Å². The first-order chi connectivity index (χ1) is 16.7. The fraction of sp³-hybridized carbons (Fsp3) is 0.500. The van der Waals surface area contributed by atoms with Gasteiger partial charge < -0.3 is 9.64 Å². The zero-order valence-electron chi connectivity index (χ0n) is 21.5. The van der Waals surface area contributed by atoms with Crippen LogP contribution in [0.2, 0.25) is 19.6 Å². The molecule has 2 unspecified atom stereocenters. The minimum atomic E-state index is -1.25. The molecule has 6 nitrogen and oxygen atoms in total. The number of benzene rings is 2. The third-order valence-corrected chi connectivity index (χ3v) is 9.12. The highest BCUT2D eigenvalue weighted by Crippen LogP contribution is 2.20. The maximum atomic E-state index is 12.9. The summed E-state index contributed by atoms with van der Waals surface area (Å²) in [6.45, 7) is 12.6. The van der Waals surface area contributed by atoms with Crippen LogP contribution in [0.3, 0.4) is 0 Å². The molecule has 0 aliphatic carbocycles. The molecular formula is C28H38N4O2Si. The van der Waals surface area contributed by atoms with Gasteiger partial charge in [-0.1, -0.05) is 61.2 Å². The van der Waals surface area contributed by atoms with E-state index >= 15 is 0 Å². The Morgan fingerprint density at radius 1 is 0.971 bits per heavy atom. The van der Waals surface area contributed by atoms with Crippen LogP contribution in [-0.4, -0.2) is 87.2 Å². The maximum absolute atomic E-state index is 12.9. The lowest BCUT2D eigenvalue weighted by Gasteiger charge is -2.45. The largest absolute Gasteiger partial charge is 0.370 e. The second-order valence-corrected chi connectivity index (χ2v) is 16.2. The fourth-order valence-corrected chi connectivity index (χ4v) is 6.16. The second kappa shape index (κ2) is 11.0. The summed E-state index contributed by atoms with van der Waals surface area (Å²) in [7, 11) is 0.602. The fourth-order valence-electron chi connectivity index (χ4n) is 4.99. The van der Waals surface area contributed by atoms with E-state index < -0.39 is 8.07 Å². The number of amides is 1. The molecule has 0 N–H and O–H groups in total. The highest BCUT2D eigenvalue weighted by atomic mass is 28.3. The highest BCUT2D eigenvalue weighted by molar-refractivity contribution is 6.88. The molecule has 2 aromatic carbocycles. The normalized spacial score (nSPS) is 20.9. The first-order valence-electron chi connectivity index (χ1n) is 12.6. The molecule has 2 atom stereocenters. The number of hydrogen-bond donors (Lipinski definition) is 0. The predicted molar refractivity (Wildman–Crippen MR) is 142 cm³/mol. The number of carbonyl (C=O) groups excluding carboxylic acids is 1. The molecule has 0 saturated carbocycles. The van der Waals surface area contributed by atoms with Gasteiger partial charge in [-0.3, -0.25) is 14.6 Å². The first-order valence-corrected chi connectivity index (χ1v) is 16.1. The summed E-state index contributed by atoms with van der Waals surface area (Å²) in [6.07, 6.45) is 1.38. The van der Waals surface area contributed by atoms with Gasteiger partial charge in [-0.2, -0.15) is 5.26 Å². The lowest BCUT2D eigenvalue weighted by atomic mass is 10.1. The molecule has 2 aliphatic heterocycles. The topological polar surface area (TPSA) is 59.8 Å². The molecule has 4 rings (SSSR count). The Hall–Kier alpha value is -2.50. The SMILES string of the molecule is CN(Cc1ccc(C#N)cc1)C(=O)CN1CC2CN(CCc3ccc([Si](C)(C)C)cc3)CC(C1)O2. The van der Waals surface area contributed by atoms with Crippen LogP contribution in [0.4, 0.5) is 0 Å². The lowest BCUT2D eigenvalue weighted by molar-refractivity contribution is -0.149. The monoisotopic (exact) mass is 490 g/mol. The van der Waals surface area contributed by atoms with E-state index in [0.717, 1.165) is 44.7 Å². The molecular weight excluding hydrogens is 452 g/mol. The van der Waals surface area contributed by atoms with Gasteiger partial charge in [0.1, 0.15) is 0 Å². The number of nitriles is 1. The summed E-state index contributed by atoms with van der Waals surface area (Å²) < 4.78 is 6.22. The molecule has 2 aliphatic rings. The van der Waals surface area contributed by atoms with Gasteiger partial charge in [0, 0.05) is 46.3 Å². The van der Waals surface area contributed by atoms with Crippen LogP contribution < -0.4 is 5.19 Å². The number of morpholine rings is 2. The van der Waals surface area contributed by atoms with Gasteiger partial charge in [0.25, 0.3) is 0 Å². The van der Waals surface area contributed by atoms with E-state index in [9.17, 15) is 4.79 Å². The molecule has 35 heavy (non-hydrogen) atoms. The number of nitrogens with zero attached hydrogens (tertiary/aromatic N) is 4. The molecule has 2 aromatic rings. The van der Waals surface area contributed by atoms with Crippen molar-refractivity contribution in [2.45, 2.75) is 44.8 Å². The van der Waals surface area contributed by atoms with E-state index in [4.69, 9.17) is 10.00 Å². The van der Waals surface area contributed by atoms with Gasteiger partial charge in [0.05, 0.1) is 38.5 Å². The third-order valence-electron chi connectivity index (χ3n) is 7.06.